The highest BCUT2D eigenvalue weighted by molar-refractivity contribution is 6.09. The van der Waals surface area contributed by atoms with Gasteiger partial charge in [-0.2, -0.15) is 8.78 Å². The summed E-state index contributed by atoms with van der Waals surface area (Å²) in [6.45, 7) is -2.40. The van der Waals surface area contributed by atoms with Crippen LogP contribution in [-0.4, -0.2) is 44.1 Å². The number of rotatable bonds is 7. The van der Waals surface area contributed by atoms with E-state index in [1.807, 2.05) is 18.2 Å². The molecule has 1 heterocycles. The Kier molecular flexibility index (Phi) is 7.57. The Bertz CT molecular complexity index is 1150. The third-order valence-electron chi connectivity index (χ3n) is 5.85. The number of carbonyl (C=O) groups is 1. The fraction of sp³-hybridized carbons (Fsp3) is 0.385. The second kappa shape index (κ2) is 10.2. The Morgan fingerprint density at radius 1 is 1.24 bits per heavy atom. The van der Waals surface area contributed by atoms with Gasteiger partial charge in [0.2, 0.25) is 0 Å². The molecule has 34 heavy (non-hydrogen) atoms. The van der Waals surface area contributed by atoms with Crippen molar-refractivity contribution in [1.82, 2.24) is 4.90 Å². The first-order valence-electron chi connectivity index (χ1n) is 10.7. The second-order valence-electron chi connectivity index (χ2n) is 8.08. The molecule has 8 heteroatoms. The van der Waals surface area contributed by atoms with E-state index in [1.54, 1.807) is 32.4 Å². The van der Waals surface area contributed by atoms with Gasteiger partial charge in [-0.1, -0.05) is 37.5 Å². The second-order valence-corrected chi connectivity index (χ2v) is 8.08. The van der Waals surface area contributed by atoms with Crippen molar-refractivity contribution < 1.29 is 23.0 Å². The maximum absolute atomic E-state index is 13.5. The summed E-state index contributed by atoms with van der Waals surface area (Å²) in [7, 11) is 3.18. The largest absolute Gasteiger partial charge is 0.435 e. The Morgan fingerprint density at radius 2 is 1.97 bits per heavy atom. The van der Waals surface area contributed by atoms with Gasteiger partial charge in [0.1, 0.15) is 5.75 Å². The SMILES string of the molecule is C.COCCC#Cc1cccc([C@]2(c3ccc(OC(F)F)c(C4CC4)c3)N=C(N)N(C)C2=O)c1. The summed E-state index contributed by atoms with van der Waals surface area (Å²) >= 11 is 0. The summed E-state index contributed by atoms with van der Waals surface area (Å²) in [5.74, 6) is 6.12. The number of guanidine groups is 1. The van der Waals surface area contributed by atoms with Crippen LogP contribution >= 0.6 is 0 Å². The highest BCUT2D eigenvalue weighted by Gasteiger charge is 2.50. The fourth-order valence-electron chi connectivity index (χ4n) is 4.01. The molecule has 0 bridgehead atoms. The molecule has 2 aromatic carbocycles. The number of benzene rings is 2. The standard InChI is InChI=1S/C25H25F2N3O3.CH4/c1-30-22(31)25(29-24(30)28,18-8-5-7-16(14-18)6-3-4-13-32-2)19-11-12-21(33-23(26)27)20(15-19)17-9-10-17;/h5,7-8,11-12,14-15,17,23H,4,9-10,13H2,1-2H3,(H2,28,29);1H4/t25-;/m1./s1. The van der Waals surface area contributed by atoms with Crippen LogP contribution < -0.4 is 10.5 Å². The van der Waals surface area contributed by atoms with Crippen LogP contribution in [0.15, 0.2) is 47.5 Å². The van der Waals surface area contributed by atoms with Crippen molar-refractivity contribution >= 4 is 11.9 Å². The van der Waals surface area contributed by atoms with Gasteiger partial charge in [-0.3, -0.25) is 9.69 Å². The van der Waals surface area contributed by atoms with Gasteiger partial charge in [-0.15, -0.1) is 0 Å². The normalized spacial score (nSPS) is 19.4. The minimum Gasteiger partial charge on any atom is -0.435 e. The van der Waals surface area contributed by atoms with E-state index in [-0.39, 0.29) is 31.0 Å². The number of alkyl halides is 2. The zero-order valence-electron chi connectivity index (χ0n) is 18.5. The quantitative estimate of drug-likeness (QED) is 0.487. The zero-order chi connectivity index (χ0) is 23.6. The topological polar surface area (TPSA) is 77.2 Å². The average Bonchev–Trinajstić information content (AvgIpc) is 3.61. The molecule has 0 spiro atoms. The Hall–Kier alpha value is -3.44. The van der Waals surface area contributed by atoms with Gasteiger partial charge in [-0.25, -0.2) is 4.99 Å². The van der Waals surface area contributed by atoms with Gasteiger partial charge in [0.05, 0.1) is 6.61 Å². The Labute approximate surface area is 198 Å². The van der Waals surface area contributed by atoms with Crippen molar-refractivity contribution in [2.24, 2.45) is 10.7 Å². The summed E-state index contributed by atoms with van der Waals surface area (Å²) in [6.07, 6.45) is 2.33. The molecule has 2 aromatic rings. The summed E-state index contributed by atoms with van der Waals surface area (Å²) in [4.78, 5) is 19.4. The highest BCUT2D eigenvalue weighted by atomic mass is 19.3. The predicted molar refractivity (Wildman–Crippen MR) is 127 cm³/mol. The lowest BCUT2D eigenvalue weighted by Gasteiger charge is -2.27. The number of amides is 1. The van der Waals surface area contributed by atoms with E-state index in [9.17, 15) is 13.6 Å². The molecule has 4 rings (SSSR count). The molecule has 1 aliphatic carbocycles. The number of hydrogen-bond donors (Lipinski definition) is 1. The molecule has 0 saturated heterocycles. The molecule has 0 radical (unpaired) electrons. The fourth-order valence-corrected chi connectivity index (χ4v) is 4.01. The highest BCUT2D eigenvalue weighted by Crippen LogP contribution is 2.48. The monoisotopic (exact) mass is 469 g/mol. The summed E-state index contributed by atoms with van der Waals surface area (Å²) < 4.78 is 35.6. The van der Waals surface area contributed by atoms with Gasteiger partial charge in [0, 0.05) is 26.1 Å². The maximum atomic E-state index is 13.5. The predicted octanol–water partition coefficient (Wildman–Crippen LogP) is 4.22. The minimum atomic E-state index is -2.93. The molecule has 2 N–H and O–H groups in total. The van der Waals surface area contributed by atoms with Crippen LogP contribution in [0.3, 0.4) is 0 Å². The lowest BCUT2D eigenvalue weighted by Crippen LogP contribution is -2.41. The summed E-state index contributed by atoms with van der Waals surface area (Å²) in [6, 6.07) is 12.1. The molecule has 1 amide bonds. The van der Waals surface area contributed by atoms with Gasteiger partial charge in [-0.05, 0) is 59.7 Å². The van der Waals surface area contributed by atoms with Crippen molar-refractivity contribution in [3.63, 3.8) is 0 Å². The van der Waals surface area contributed by atoms with Crippen molar-refractivity contribution in [1.29, 1.82) is 0 Å². The van der Waals surface area contributed by atoms with Crippen LogP contribution in [0, 0.1) is 11.8 Å². The van der Waals surface area contributed by atoms with Crippen LogP contribution in [0.25, 0.3) is 0 Å². The Morgan fingerprint density at radius 3 is 2.59 bits per heavy atom. The van der Waals surface area contributed by atoms with Crippen LogP contribution in [0.1, 0.15) is 54.9 Å². The number of nitrogens with two attached hydrogens (primary N) is 1. The van der Waals surface area contributed by atoms with E-state index < -0.39 is 12.2 Å². The number of methoxy groups -OCH3 is 1. The molecule has 180 valence electrons. The Balaban J connectivity index is 0.00000324. The summed E-state index contributed by atoms with van der Waals surface area (Å²) in [5, 5.41) is 0. The lowest BCUT2D eigenvalue weighted by molar-refractivity contribution is -0.129. The molecule has 0 aromatic heterocycles. The van der Waals surface area contributed by atoms with Crippen molar-refractivity contribution in [3.8, 4) is 17.6 Å². The molecule has 1 saturated carbocycles. The van der Waals surface area contributed by atoms with E-state index in [2.05, 4.69) is 16.8 Å². The number of aliphatic imine (C=N–C) groups is 1. The van der Waals surface area contributed by atoms with Crippen LogP contribution in [0.2, 0.25) is 0 Å². The number of ether oxygens (including phenoxy) is 2. The van der Waals surface area contributed by atoms with Gasteiger partial charge >= 0.3 is 6.61 Å². The van der Waals surface area contributed by atoms with E-state index in [4.69, 9.17) is 15.2 Å². The van der Waals surface area contributed by atoms with Crippen LogP contribution in [0.4, 0.5) is 8.78 Å². The lowest BCUT2D eigenvalue weighted by atomic mass is 9.81. The minimum absolute atomic E-state index is 0. The number of hydrogen-bond acceptors (Lipinski definition) is 5. The van der Waals surface area contributed by atoms with E-state index in [0.29, 0.717) is 29.7 Å². The molecular formula is C26H29F2N3O3. The molecule has 0 unspecified atom stereocenters. The van der Waals surface area contributed by atoms with Crippen molar-refractivity contribution in [2.75, 3.05) is 20.8 Å². The van der Waals surface area contributed by atoms with Crippen molar-refractivity contribution in [2.45, 2.75) is 44.8 Å². The third kappa shape index (κ3) is 4.75. The molecule has 6 nitrogen and oxygen atoms in total. The van der Waals surface area contributed by atoms with Gasteiger partial charge < -0.3 is 15.2 Å². The summed E-state index contributed by atoms with van der Waals surface area (Å²) in [5.41, 5.74) is 7.15. The van der Waals surface area contributed by atoms with Gasteiger partial charge in [0.15, 0.2) is 11.5 Å². The molecule has 1 atom stereocenters. The van der Waals surface area contributed by atoms with E-state index >= 15 is 0 Å². The van der Waals surface area contributed by atoms with Gasteiger partial charge in [0.25, 0.3) is 5.91 Å². The molecular weight excluding hydrogens is 440 g/mol. The zero-order valence-corrected chi connectivity index (χ0v) is 18.5. The number of nitrogens with zero attached hydrogens (tertiary/aromatic N) is 2. The first-order valence-corrected chi connectivity index (χ1v) is 10.7. The smallest absolute Gasteiger partial charge is 0.387 e. The first kappa shape index (κ1) is 25.2. The third-order valence-corrected chi connectivity index (χ3v) is 5.85. The van der Waals surface area contributed by atoms with E-state index in [1.165, 1.54) is 11.0 Å². The van der Waals surface area contributed by atoms with Crippen LogP contribution in [-0.2, 0) is 15.1 Å². The number of likely N-dealkylation sites (N-methyl/N-ethyl adjacent to an activating group) is 1. The van der Waals surface area contributed by atoms with E-state index in [0.717, 1.165) is 18.4 Å². The first-order chi connectivity index (χ1) is 15.9. The molecule has 1 fully saturated rings. The average molecular weight is 470 g/mol. The molecule has 1 aliphatic heterocycles. The number of carbonyl (C=O) groups excluding carboxylic acids is 1. The maximum Gasteiger partial charge on any atom is 0.387 e. The van der Waals surface area contributed by atoms with Crippen LogP contribution in [0.5, 0.6) is 5.75 Å². The molecule has 2 aliphatic rings. The number of halogens is 2. The van der Waals surface area contributed by atoms with Crippen molar-refractivity contribution in [3.05, 3.63) is 64.7 Å².